The number of aromatic nitrogens is 3. The number of nitrogens with one attached hydrogen (secondary N) is 1. The van der Waals surface area contributed by atoms with Crippen molar-refractivity contribution in [1.29, 1.82) is 0 Å². The Morgan fingerprint density at radius 2 is 1.98 bits per heavy atom. The van der Waals surface area contributed by atoms with E-state index < -0.39 is 27.4 Å². The van der Waals surface area contributed by atoms with E-state index in [1.165, 1.54) is 36.0 Å². The molecule has 42 heavy (non-hydrogen) atoms. The Kier molecular flexibility index (Phi) is 8.45. The van der Waals surface area contributed by atoms with Crippen molar-refractivity contribution in [1.82, 2.24) is 25.2 Å². The van der Waals surface area contributed by atoms with Crippen molar-refractivity contribution in [3.63, 3.8) is 0 Å². The molecule has 1 spiro atoms. The van der Waals surface area contributed by atoms with Crippen LogP contribution in [0.1, 0.15) is 70.4 Å². The van der Waals surface area contributed by atoms with Gasteiger partial charge in [-0.3, -0.25) is 14.7 Å². The molecule has 5 rings (SSSR count). The standard InChI is InChI=1S/C28H32F3N5O4S2/c1-4-42(38,39)22-6-5-21(32-15-22)14-33-25(37)23-11-19-7-10-40-27(24(19)41-23)8-9-36(16-17(27)2)18(3)20-12-34-26(35-13-20)28(29,30)31/h5-6,11-13,15,17-18H,4,7-10,14,16H2,1-3H3,(H,33,37). The van der Waals surface area contributed by atoms with Gasteiger partial charge in [-0.1, -0.05) is 13.8 Å². The molecule has 3 aromatic heterocycles. The van der Waals surface area contributed by atoms with E-state index in [2.05, 4.69) is 32.1 Å². The van der Waals surface area contributed by atoms with E-state index in [9.17, 15) is 26.4 Å². The van der Waals surface area contributed by atoms with Gasteiger partial charge in [0.2, 0.25) is 5.82 Å². The van der Waals surface area contributed by atoms with Gasteiger partial charge in [-0.15, -0.1) is 11.3 Å². The third-order valence-corrected chi connectivity index (χ3v) is 11.2. The highest BCUT2D eigenvalue weighted by Crippen LogP contribution is 2.49. The third-order valence-electron chi connectivity index (χ3n) is 8.15. The van der Waals surface area contributed by atoms with Gasteiger partial charge >= 0.3 is 6.18 Å². The summed E-state index contributed by atoms with van der Waals surface area (Å²) in [5, 5.41) is 2.88. The largest absolute Gasteiger partial charge is 0.451 e. The Morgan fingerprint density at radius 3 is 2.60 bits per heavy atom. The molecule has 0 bridgehead atoms. The molecule has 14 heteroatoms. The number of carbonyl (C=O) groups excluding carboxylic acids is 1. The molecule has 1 N–H and O–H groups in total. The monoisotopic (exact) mass is 623 g/mol. The maximum Gasteiger partial charge on any atom is 0.451 e. The lowest BCUT2D eigenvalue weighted by molar-refractivity contribution is -0.145. The lowest BCUT2D eigenvalue weighted by Crippen LogP contribution is -2.52. The third kappa shape index (κ3) is 5.94. The van der Waals surface area contributed by atoms with Crippen LogP contribution in [0.5, 0.6) is 0 Å². The smallest absolute Gasteiger partial charge is 0.369 e. The van der Waals surface area contributed by atoms with Crippen molar-refractivity contribution in [2.45, 2.75) is 62.9 Å². The first-order chi connectivity index (χ1) is 19.8. The molecule has 226 valence electrons. The molecule has 2 aliphatic rings. The highest BCUT2D eigenvalue weighted by molar-refractivity contribution is 7.91. The SMILES string of the molecule is CCS(=O)(=O)c1ccc(CNC(=O)c2cc3c(s2)C2(CCN(C(C)c4cnc(C(F)(F)F)nc4)CC2C)OCC3)nc1. The number of piperidine rings is 1. The molecule has 3 unspecified atom stereocenters. The van der Waals surface area contributed by atoms with Crippen LogP contribution in [0.15, 0.2) is 41.7 Å². The molecule has 0 aromatic carbocycles. The summed E-state index contributed by atoms with van der Waals surface area (Å²) in [7, 11) is -3.34. The van der Waals surface area contributed by atoms with Crippen molar-refractivity contribution in [2.24, 2.45) is 5.92 Å². The number of hydrogen-bond acceptors (Lipinski definition) is 9. The Balaban J connectivity index is 1.26. The fraction of sp³-hybridized carbons (Fsp3) is 0.500. The average molecular weight is 624 g/mol. The molecule has 0 aliphatic carbocycles. The van der Waals surface area contributed by atoms with Crippen molar-refractivity contribution in [3.8, 4) is 0 Å². The van der Waals surface area contributed by atoms with Gasteiger partial charge in [-0.25, -0.2) is 18.4 Å². The summed E-state index contributed by atoms with van der Waals surface area (Å²) in [6.45, 7) is 7.61. The molecule has 2 aliphatic heterocycles. The van der Waals surface area contributed by atoms with E-state index in [0.29, 0.717) is 48.7 Å². The maximum absolute atomic E-state index is 13.1. The van der Waals surface area contributed by atoms with Gasteiger partial charge < -0.3 is 10.1 Å². The average Bonchev–Trinajstić information content (AvgIpc) is 3.43. The number of carbonyl (C=O) groups is 1. The summed E-state index contributed by atoms with van der Waals surface area (Å²) in [6.07, 6.45) is 0.585. The first-order valence-electron chi connectivity index (χ1n) is 13.7. The van der Waals surface area contributed by atoms with Gasteiger partial charge in [0, 0.05) is 54.1 Å². The van der Waals surface area contributed by atoms with E-state index in [0.717, 1.165) is 10.4 Å². The van der Waals surface area contributed by atoms with Crippen LogP contribution in [0.4, 0.5) is 13.2 Å². The van der Waals surface area contributed by atoms with E-state index in [1.54, 1.807) is 13.0 Å². The van der Waals surface area contributed by atoms with Gasteiger partial charge in [-0.2, -0.15) is 13.2 Å². The highest BCUT2D eigenvalue weighted by Gasteiger charge is 2.48. The van der Waals surface area contributed by atoms with Gasteiger partial charge in [-0.05, 0) is 43.5 Å². The van der Waals surface area contributed by atoms with Crippen molar-refractivity contribution >= 4 is 27.1 Å². The van der Waals surface area contributed by atoms with Crippen LogP contribution in [-0.2, 0) is 39.3 Å². The zero-order chi connectivity index (χ0) is 30.3. The first kappa shape index (κ1) is 30.5. The number of pyridine rings is 1. The van der Waals surface area contributed by atoms with Crippen molar-refractivity contribution < 1.29 is 31.1 Å². The lowest BCUT2D eigenvalue weighted by atomic mass is 9.77. The molecule has 9 nitrogen and oxygen atoms in total. The summed E-state index contributed by atoms with van der Waals surface area (Å²) in [5.74, 6) is -1.35. The number of amides is 1. The molecule has 1 fully saturated rings. The summed E-state index contributed by atoms with van der Waals surface area (Å²) in [4.78, 5) is 28.3. The van der Waals surface area contributed by atoms with Gasteiger partial charge in [0.1, 0.15) is 5.60 Å². The van der Waals surface area contributed by atoms with Crippen LogP contribution in [0.3, 0.4) is 0 Å². The second-order valence-corrected chi connectivity index (χ2v) is 14.0. The highest BCUT2D eigenvalue weighted by atomic mass is 32.2. The Labute approximate surface area is 246 Å². The predicted molar refractivity (Wildman–Crippen MR) is 150 cm³/mol. The predicted octanol–water partition coefficient (Wildman–Crippen LogP) is 4.55. The fourth-order valence-corrected chi connectivity index (χ4v) is 7.81. The summed E-state index contributed by atoms with van der Waals surface area (Å²) >= 11 is 1.42. The number of hydrogen-bond donors (Lipinski definition) is 1. The lowest BCUT2D eigenvalue weighted by Gasteiger charge is -2.49. The summed E-state index contributed by atoms with van der Waals surface area (Å²) in [5.41, 5.74) is 1.70. The molecule has 5 heterocycles. The van der Waals surface area contributed by atoms with Crippen LogP contribution < -0.4 is 5.32 Å². The summed E-state index contributed by atoms with van der Waals surface area (Å²) < 4.78 is 69.1. The molecule has 1 amide bonds. The number of likely N-dealkylation sites (tertiary alicyclic amines) is 1. The van der Waals surface area contributed by atoms with E-state index in [4.69, 9.17) is 4.74 Å². The second kappa shape index (κ2) is 11.6. The van der Waals surface area contributed by atoms with E-state index in [1.807, 2.05) is 13.0 Å². The second-order valence-electron chi connectivity index (χ2n) is 10.7. The number of nitrogens with zero attached hydrogens (tertiary/aromatic N) is 4. The Morgan fingerprint density at radius 1 is 1.24 bits per heavy atom. The van der Waals surface area contributed by atoms with Crippen LogP contribution in [0.2, 0.25) is 0 Å². The van der Waals surface area contributed by atoms with E-state index >= 15 is 0 Å². The van der Waals surface area contributed by atoms with Gasteiger partial charge in [0.25, 0.3) is 5.91 Å². The fourth-order valence-electron chi connectivity index (χ4n) is 5.58. The van der Waals surface area contributed by atoms with Gasteiger partial charge in [0.15, 0.2) is 9.84 Å². The van der Waals surface area contributed by atoms with Crippen molar-refractivity contribution in [3.05, 3.63) is 69.2 Å². The normalized spacial score (nSPS) is 22.1. The quantitative estimate of drug-likeness (QED) is 0.408. The van der Waals surface area contributed by atoms with Crippen LogP contribution in [-0.4, -0.2) is 59.6 Å². The molecule has 3 aromatic rings. The minimum atomic E-state index is -4.58. The molecule has 3 atom stereocenters. The molecule has 1 saturated heterocycles. The number of fused-ring (bicyclic) bond motifs is 2. The minimum Gasteiger partial charge on any atom is -0.369 e. The van der Waals surface area contributed by atoms with Crippen LogP contribution in [0, 0.1) is 5.92 Å². The first-order valence-corrected chi connectivity index (χ1v) is 16.2. The number of thiophene rings is 1. The Bertz CT molecular complexity index is 1540. The number of halogens is 3. The van der Waals surface area contributed by atoms with Crippen LogP contribution in [0.25, 0.3) is 0 Å². The number of rotatable bonds is 7. The number of ether oxygens (including phenoxy) is 1. The van der Waals surface area contributed by atoms with E-state index in [-0.39, 0.29) is 35.1 Å². The van der Waals surface area contributed by atoms with Gasteiger partial charge in [0.05, 0.1) is 34.4 Å². The number of sulfone groups is 1. The maximum atomic E-state index is 13.1. The Hall–Kier alpha value is -2.94. The molecular weight excluding hydrogens is 591 g/mol. The molecule has 0 radical (unpaired) electrons. The number of alkyl halides is 3. The zero-order valence-electron chi connectivity index (χ0n) is 23.4. The molecular formula is C28H32F3N5O4S2. The topological polar surface area (TPSA) is 114 Å². The van der Waals surface area contributed by atoms with Crippen molar-refractivity contribution in [2.75, 3.05) is 25.4 Å². The summed E-state index contributed by atoms with van der Waals surface area (Å²) in [6, 6.07) is 4.84. The molecule has 0 saturated carbocycles. The zero-order valence-corrected chi connectivity index (χ0v) is 25.1. The minimum absolute atomic E-state index is 0.0111. The van der Waals surface area contributed by atoms with Crippen LogP contribution >= 0.6 is 11.3 Å².